The number of imidazole rings is 1. The Balaban J connectivity index is 1.47. The number of aromatic nitrogens is 2. The Labute approximate surface area is 162 Å². The van der Waals surface area contributed by atoms with Gasteiger partial charge in [0.25, 0.3) is 5.69 Å². The minimum atomic E-state index is -0.426. The average Bonchev–Trinajstić information content (AvgIpc) is 3.12. The number of rotatable bonds is 4. The predicted octanol–water partition coefficient (Wildman–Crippen LogP) is 4.90. The smallest absolute Gasteiger partial charge is 0.271 e. The highest BCUT2D eigenvalue weighted by atomic mass is 16.6. The Kier molecular flexibility index (Phi) is 4.81. The van der Waals surface area contributed by atoms with Gasteiger partial charge in [-0.2, -0.15) is 0 Å². The number of amides is 1. The molecule has 2 N–H and O–H groups in total. The zero-order valence-electron chi connectivity index (χ0n) is 15.6. The van der Waals surface area contributed by atoms with Crippen molar-refractivity contribution in [2.75, 3.05) is 5.32 Å². The molecule has 144 valence electrons. The third kappa shape index (κ3) is 3.74. The molecule has 1 aliphatic carbocycles. The molecule has 7 nitrogen and oxygen atoms in total. The van der Waals surface area contributed by atoms with Crippen molar-refractivity contribution in [3.63, 3.8) is 0 Å². The lowest BCUT2D eigenvalue weighted by Gasteiger charge is -2.25. The van der Waals surface area contributed by atoms with Crippen LogP contribution in [-0.2, 0) is 4.79 Å². The molecule has 3 aromatic rings. The number of anilines is 1. The molecular formula is C21H22N4O3. The van der Waals surface area contributed by atoms with Crippen molar-refractivity contribution in [2.45, 2.75) is 32.6 Å². The molecule has 1 saturated carbocycles. The van der Waals surface area contributed by atoms with Crippen LogP contribution >= 0.6 is 0 Å². The normalized spacial score (nSPS) is 19.5. The molecular weight excluding hydrogens is 356 g/mol. The van der Waals surface area contributed by atoms with Gasteiger partial charge in [0.2, 0.25) is 5.91 Å². The number of nitrogens with zero attached hydrogens (tertiary/aromatic N) is 2. The van der Waals surface area contributed by atoms with Crippen LogP contribution in [0.3, 0.4) is 0 Å². The summed E-state index contributed by atoms with van der Waals surface area (Å²) in [4.78, 5) is 30.5. The molecule has 0 spiro atoms. The van der Waals surface area contributed by atoms with Crippen molar-refractivity contribution < 1.29 is 9.72 Å². The summed E-state index contributed by atoms with van der Waals surface area (Å²) in [5.41, 5.74) is 2.93. The standard InChI is InChI=1S/C21H22N4O3/c1-13-2-4-15(5-3-13)21(26)22-16-8-6-14(7-9-16)20-23-18-11-10-17(25(27)28)12-19(18)24-20/h6-13,15H,2-5H2,1H3,(H,22,26)(H,23,24). The monoisotopic (exact) mass is 378 g/mol. The number of nitro groups is 1. The minimum Gasteiger partial charge on any atom is -0.338 e. The number of non-ortho nitro benzene ring substituents is 1. The van der Waals surface area contributed by atoms with Crippen LogP contribution in [0.4, 0.5) is 11.4 Å². The van der Waals surface area contributed by atoms with Gasteiger partial charge in [0, 0.05) is 29.3 Å². The fourth-order valence-electron chi connectivity index (χ4n) is 3.73. The van der Waals surface area contributed by atoms with E-state index >= 15 is 0 Å². The molecule has 0 radical (unpaired) electrons. The van der Waals surface area contributed by atoms with E-state index in [2.05, 4.69) is 22.2 Å². The summed E-state index contributed by atoms with van der Waals surface area (Å²) in [6.45, 7) is 2.24. The van der Waals surface area contributed by atoms with Crippen LogP contribution in [-0.4, -0.2) is 20.8 Å². The van der Waals surface area contributed by atoms with Crippen molar-refractivity contribution in [3.8, 4) is 11.4 Å². The van der Waals surface area contributed by atoms with Gasteiger partial charge in [0.15, 0.2) is 0 Å². The molecule has 2 aromatic carbocycles. The van der Waals surface area contributed by atoms with Gasteiger partial charge >= 0.3 is 0 Å². The van der Waals surface area contributed by atoms with E-state index in [1.54, 1.807) is 6.07 Å². The zero-order valence-corrected chi connectivity index (χ0v) is 15.6. The lowest BCUT2D eigenvalue weighted by Crippen LogP contribution is -2.26. The predicted molar refractivity (Wildman–Crippen MR) is 108 cm³/mol. The highest BCUT2D eigenvalue weighted by Crippen LogP contribution is 2.29. The average molecular weight is 378 g/mol. The summed E-state index contributed by atoms with van der Waals surface area (Å²) >= 11 is 0. The van der Waals surface area contributed by atoms with Crippen molar-refractivity contribution in [1.82, 2.24) is 9.97 Å². The van der Waals surface area contributed by atoms with Crippen molar-refractivity contribution in [3.05, 3.63) is 52.6 Å². The van der Waals surface area contributed by atoms with Crippen molar-refractivity contribution >= 4 is 28.3 Å². The van der Waals surface area contributed by atoms with Crippen molar-refractivity contribution in [2.24, 2.45) is 11.8 Å². The van der Waals surface area contributed by atoms with Gasteiger partial charge in [-0.05, 0) is 61.9 Å². The second-order valence-electron chi connectivity index (χ2n) is 7.57. The topological polar surface area (TPSA) is 101 Å². The van der Waals surface area contributed by atoms with Crippen LogP contribution in [0.15, 0.2) is 42.5 Å². The lowest BCUT2D eigenvalue weighted by molar-refractivity contribution is -0.384. The largest absolute Gasteiger partial charge is 0.338 e. The molecule has 0 bridgehead atoms. The lowest BCUT2D eigenvalue weighted by atomic mass is 9.82. The van der Waals surface area contributed by atoms with E-state index in [9.17, 15) is 14.9 Å². The first-order valence-corrected chi connectivity index (χ1v) is 9.55. The van der Waals surface area contributed by atoms with Crippen LogP contribution in [0.1, 0.15) is 32.6 Å². The summed E-state index contributed by atoms with van der Waals surface area (Å²) in [6, 6.07) is 12.0. The molecule has 4 rings (SSSR count). The first kappa shape index (κ1) is 18.2. The summed E-state index contributed by atoms with van der Waals surface area (Å²) < 4.78 is 0. The van der Waals surface area contributed by atoms with Crippen LogP contribution in [0.2, 0.25) is 0 Å². The van der Waals surface area contributed by atoms with E-state index in [0.29, 0.717) is 22.8 Å². The summed E-state index contributed by atoms with van der Waals surface area (Å²) in [5, 5.41) is 13.9. The van der Waals surface area contributed by atoms with Crippen LogP contribution < -0.4 is 5.32 Å². The molecule has 1 heterocycles. The minimum absolute atomic E-state index is 0.0258. The quantitative estimate of drug-likeness (QED) is 0.498. The Bertz CT molecular complexity index is 1020. The maximum atomic E-state index is 12.4. The summed E-state index contributed by atoms with van der Waals surface area (Å²) in [5.74, 6) is 1.54. The van der Waals surface area contributed by atoms with Gasteiger partial charge in [-0.1, -0.05) is 6.92 Å². The first-order valence-electron chi connectivity index (χ1n) is 9.55. The molecule has 1 aliphatic rings. The SMILES string of the molecule is CC1CCC(C(=O)Nc2ccc(-c3nc4ccc([N+](=O)[O-])cc4[nH]3)cc2)CC1. The molecule has 1 amide bonds. The fraction of sp³-hybridized carbons (Fsp3) is 0.333. The van der Waals surface area contributed by atoms with Crippen LogP contribution in [0.5, 0.6) is 0 Å². The number of carbonyl (C=O) groups is 1. The summed E-state index contributed by atoms with van der Waals surface area (Å²) in [6.07, 6.45) is 4.13. The van der Waals surface area contributed by atoms with Gasteiger partial charge in [-0.25, -0.2) is 4.98 Å². The third-order valence-electron chi connectivity index (χ3n) is 5.49. The molecule has 0 saturated heterocycles. The molecule has 1 fully saturated rings. The molecule has 1 aromatic heterocycles. The van der Waals surface area contributed by atoms with Gasteiger partial charge < -0.3 is 10.3 Å². The number of nitrogens with one attached hydrogen (secondary N) is 2. The highest BCUT2D eigenvalue weighted by Gasteiger charge is 2.24. The molecule has 0 atom stereocenters. The Hall–Kier alpha value is -3.22. The zero-order chi connectivity index (χ0) is 19.7. The fourth-order valence-corrected chi connectivity index (χ4v) is 3.73. The number of hydrogen-bond donors (Lipinski definition) is 2. The molecule has 0 aliphatic heterocycles. The van der Waals surface area contributed by atoms with E-state index < -0.39 is 4.92 Å². The van der Waals surface area contributed by atoms with Gasteiger partial charge in [0.05, 0.1) is 16.0 Å². The number of carbonyl (C=O) groups excluding carboxylic acids is 1. The van der Waals surface area contributed by atoms with E-state index in [1.165, 1.54) is 12.1 Å². The molecule has 0 unspecified atom stereocenters. The van der Waals surface area contributed by atoms with E-state index in [0.717, 1.165) is 36.9 Å². The van der Waals surface area contributed by atoms with Gasteiger partial charge in [0.1, 0.15) is 5.82 Å². The second kappa shape index (κ2) is 7.42. The number of hydrogen-bond acceptors (Lipinski definition) is 4. The van der Waals surface area contributed by atoms with E-state index in [1.807, 2.05) is 24.3 Å². The van der Waals surface area contributed by atoms with Crippen LogP contribution in [0, 0.1) is 22.0 Å². The highest BCUT2D eigenvalue weighted by molar-refractivity contribution is 5.92. The number of benzene rings is 2. The second-order valence-corrected chi connectivity index (χ2v) is 7.57. The molecule has 28 heavy (non-hydrogen) atoms. The van der Waals surface area contributed by atoms with Gasteiger partial charge in [-0.15, -0.1) is 0 Å². The van der Waals surface area contributed by atoms with E-state index in [4.69, 9.17) is 0 Å². The number of aromatic amines is 1. The molecule has 7 heteroatoms. The van der Waals surface area contributed by atoms with Crippen LogP contribution in [0.25, 0.3) is 22.4 Å². The van der Waals surface area contributed by atoms with Crippen molar-refractivity contribution in [1.29, 1.82) is 0 Å². The first-order chi connectivity index (χ1) is 13.5. The van der Waals surface area contributed by atoms with E-state index in [-0.39, 0.29) is 17.5 Å². The summed E-state index contributed by atoms with van der Waals surface area (Å²) in [7, 11) is 0. The van der Waals surface area contributed by atoms with Gasteiger partial charge in [-0.3, -0.25) is 14.9 Å². The maximum absolute atomic E-state index is 12.4. The third-order valence-corrected chi connectivity index (χ3v) is 5.49. The Morgan fingerprint density at radius 3 is 2.54 bits per heavy atom. The maximum Gasteiger partial charge on any atom is 0.271 e. The number of nitro benzene ring substituents is 1. The number of H-pyrrole nitrogens is 1. The Morgan fingerprint density at radius 2 is 1.86 bits per heavy atom. The Morgan fingerprint density at radius 1 is 1.14 bits per heavy atom. The number of fused-ring (bicyclic) bond motifs is 1.